The van der Waals surface area contributed by atoms with Crippen LogP contribution in [-0.2, 0) is 19.6 Å². The summed E-state index contributed by atoms with van der Waals surface area (Å²) in [6, 6.07) is 23.0. The molecule has 4 aromatic carbocycles. The number of hydrogen-bond donors (Lipinski definition) is 2. The van der Waals surface area contributed by atoms with Crippen molar-refractivity contribution in [2.75, 3.05) is 29.9 Å². The second-order valence-electron chi connectivity index (χ2n) is 9.35. The minimum Gasteiger partial charge on any atom is -0.496 e. The van der Waals surface area contributed by atoms with Crippen molar-refractivity contribution < 1.29 is 31.9 Å². The largest absolute Gasteiger partial charge is 0.496 e. The van der Waals surface area contributed by atoms with Crippen LogP contribution in [0.2, 0.25) is 0 Å². The van der Waals surface area contributed by atoms with Gasteiger partial charge in [0.1, 0.15) is 23.9 Å². The Morgan fingerprint density at radius 2 is 1.64 bits per heavy atom. The van der Waals surface area contributed by atoms with Crippen LogP contribution in [0.3, 0.4) is 0 Å². The van der Waals surface area contributed by atoms with Crippen molar-refractivity contribution in [1.29, 1.82) is 0 Å². The maximum absolute atomic E-state index is 13.6. The van der Waals surface area contributed by atoms with Crippen LogP contribution < -0.4 is 24.5 Å². The minimum absolute atomic E-state index is 0.0303. The molecule has 4 aromatic rings. The Kier molecular flexibility index (Phi) is 10.7. The average molecular weight is 684 g/mol. The molecular weight excluding hydrogens is 655 g/mol. The molecule has 0 aliphatic heterocycles. The van der Waals surface area contributed by atoms with Gasteiger partial charge in [-0.1, -0.05) is 17.7 Å². The number of carbonyl (C=O) groups is 2. The molecule has 0 aromatic heterocycles. The number of rotatable bonds is 12. The second kappa shape index (κ2) is 14.6. The van der Waals surface area contributed by atoms with E-state index in [-0.39, 0.29) is 11.5 Å². The summed E-state index contributed by atoms with van der Waals surface area (Å²) in [7, 11) is -2.67. The van der Waals surface area contributed by atoms with Gasteiger partial charge in [0.2, 0.25) is 0 Å². The summed E-state index contributed by atoms with van der Waals surface area (Å²) in [5, 5.41) is 6.55. The smallest absolute Gasteiger partial charge is 0.264 e. The summed E-state index contributed by atoms with van der Waals surface area (Å²) in [6.45, 7) is 1.09. The van der Waals surface area contributed by atoms with Gasteiger partial charge in [-0.25, -0.2) is 18.2 Å². The Balaban J connectivity index is 1.37. The van der Waals surface area contributed by atoms with Gasteiger partial charge in [0.25, 0.3) is 21.8 Å². The first kappa shape index (κ1) is 32.2. The summed E-state index contributed by atoms with van der Waals surface area (Å²) in [5.41, 5.74) is 4.66. The van der Waals surface area contributed by atoms with Crippen LogP contribution >= 0.6 is 15.9 Å². The van der Waals surface area contributed by atoms with Crippen LogP contribution in [-0.4, -0.2) is 46.7 Å². The molecule has 13 heteroatoms. The van der Waals surface area contributed by atoms with E-state index in [0.29, 0.717) is 32.9 Å². The van der Waals surface area contributed by atoms with Crippen LogP contribution in [0.1, 0.15) is 11.1 Å². The van der Waals surface area contributed by atoms with Crippen LogP contribution in [0.25, 0.3) is 0 Å². The van der Waals surface area contributed by atoms with Gasteiger partial charge in [-0.2, -0.15) is 5.10 Å². The van der Waals surface area contributed by atoms with Crippen molar-refractivity contribution in [1.82, 2.24) is 5.43 Å². The molecule has 0 saturated carbocycles. The Bertz CT molecular complexity index is 1750. The zero-order valence-corrected chi connectivity index (χ0v) is 26.1. The first-order valence-electron chi connectivity index (χ1n) is 13.1. The Morgan fingerprint density at radius 1 is 0.955 bits per heavy atom. The fraction of sp³-hybridized carbons (Fsp3) is 0.129. The van der Waals surface area contributed by atoms with E-state index in [1.165, 1.54) is 55.8 Å². The van der Waals surface area contributed by atoms with E-state index in [4.69, 9.17) is 9.47 Å². The highest BCUT2D eigenvalue weighted by Crippen LogP contribution is 2.30. The number of hydrazone groups is 1. The van der Waals surface area contributed by atoms with Crippen LogP contribution in [0.15, 0.2) is 105 Å². The normalized spacial score (nSPS) is 11.2. The number of benzene rings is 4. The molecule has 2 amide bonds. The quantitative estimate of drug-likeness (QED) is 0.155. The number of nitrogens with one attached hydrogen (secondary N) is 2. The van der Waals surface area contributed by atoms with Gasteiger partial charge in [-0.05, 0) is 107 Å². The molecule has 228 valence electrons. The molecule has 0 unspecified atom stereocenters. The van der Waals surface area contributed by atoms with E-state index in [1.54, 1.807) is 48.5 Å². The predicted octanol–water partition coefficient (Wildman–Crippen LogP) is 5.27. The number of ether oxygens (including phenoxy) is 2. The molecule has 0 aliphatic rings. The molecule has 0 bridgehead atoms. The summed E-state index contributed by atoms with van der Waals surface area (Å²) < 4.78 is 52.4. The second-order valence-corrected chi connectivity index (χ2v) is 12.1. The van der Waals surface area contributed by atoms with E-state index in [0.717, 1.165) is 9.87 Å². The average Bonchev–Trinajstić information content (AvgIpc) is 3.01. The first-order chi connectivity index (χ1) is 21.0. The number of carbonyl (C=O) groups excluding carboxylic acids is 2. The van der Waals surface area contributed by atoms with Gasteiger partial charge in [0, 0.05) is 5.69 Å². The van der Waals surface area contributed by atoms with Crippen molar-refractivity contribution in [3.8, 4) is 11.5 Å². The summed E-state index contributed by atoms with van der Waals surface area (Å²) in [6.07, 6.45) is 1.38. The molecule has 0 radical (unpaired) electrons. The standard InChI is InChI=1S/C31H28BrFN4O6S/c1-21-3-11-25(12-4-21)37(44(40,41)27-15-16-29(42-2)28(32)17-27)19-30(38)36-34-18-22-5-13-26(14-6-22)43-20-31(39)35-24-9-7-23(33)8-10-24/h3-18H,19-20H2,1-2H3,(H,35,39)(H,36,38). The van der Waals surface area contributed by atoms with Crippen LogP contribution in [0.4, 0.5) is 15.8 Å². The molecule has 0 atom stereocenters. The molecule has 44 heavy (non-hydrogen) atoms. The molecule has 0 heterocycles. The van der Waals surface area contributed by atoms with Crippen LogP contribution in [0, 0.1) is 12.7 Å². The third-order valence-corrected chi connectivity index (χ3v) is 8.49. The molecule has 0 saturated heterocycles. The fourth-order valence-corrected chi connectivity index (χ4v) is 5.97. The Labute approximate surface area is 262 Å². The van der Waals surface area contributed by atoms with Gasteiger partial charge in [0.05, 0.1) is 28.4 Å². The number of aryl methyl sites for hydroxylation is 1. The third-order valence-electron chi connectivity index (χ3n) is 6.10. The molecule has 2 N–H and O–H groups in total. The van der Waals surface area contributed by atoms with E-state index in [9.17, 15) is 22.4 Å². The molecule has 0 fully saturated rings. The van der Waals surface area contributed by atoms with E-state index in [1.807, 2.05) is 6.92 Å². The Hall–Kier alpha value is -4.75. The van der Waals surface area contributed by atoms with Crippen molar-refractivity contribution in [3.63, 3.8) is 0 Å². The van der Waals surface area contributed by atoms with Crippen molar-refractivity contribution >= 4 is 55.4 Å². The lowest BCUT2D eigenvalue weighted by Crippen LogP contribution is -2.39. The molecular formula is C31H28BrFN4O6S. The number of sulfonamides is 1. The lowest BCUT2D eigenvalue weighted by Gasteiger charge is -2.24. The van der Waals surface area contributed by atoms with Gasteiger partial charge in [-0.15, -0.1) is 0 Å². The summed E-state index contributed by atoms with van der Waals surface area (Å²) in [4.78, 5) is 24.9. The molecule has 10 nitrogen and oxygen atoms in total. The van der Waals surface area contributed by atoms with Gasteiger partial charge >= 0.3 is 0 Å². The van der Waals surface area contributed by atoms with Gasteiger partial charge < -0.3 is 14.8 Å². The van der Waals surface area contributed by atoms with Gasteiger partial charge in [0.15, 0.2) is 6.61 Å². The lowest BCUT2D eigenvalue weighted by molar-refractivity contribution is -0.119. The fourth-order valence-electron chi connectivity index (χ4n) is 3.83. The maximum atomic E-state index is 13.6. The van der Waals surface area contributed by atoms with Crippen LogP contribution in [0.5, 0.6) is 11.5 Å². The zero-order chi connectivity index (χ0) is 31.7. The Morgan fingerprint density at radius 3 is 2.27 bits per heavy atom. The zero-order valence-electron chi connectivity index (χ0n) is 23.7. The minimum atomic E-state index is -4.15. The van der Waals surface area contributed by atoms with E-state index in [2.05, 4.69) is 31.8 Å². The molecule has 4 rings (SSSR count). The lowest BCUT2D eigenvalue weighted by atomic mass is 10.2. The number of halogens is 2. The third kappa shape index (κ3) is 8.64. The number of hydrogen-bond acceptors (Lipinski definition) is 7. The topological polar surface area (TPSA) is 126 Å². The van der Waals surface area contributed by atoms with E-state index < -0.39 is 34.2 Å². The van der Waals surface area contributed by atoms with Crippen molar-refractivity contribution in [2.45, 2.75) is 11.8 Å². The van der Waals surface area contributed by atoms with E-state index >= 15 is 0 Å². The van der Waals surface area contributed by atoms with Crippen molar-refractivity contribution in [3.05, 3.63) is 112 Å². The number of nitrogens with zero attached hydrogens (tertiary/aromatic N) is 2. The highest BCUT2D eigenvalue weighted by atomic mass is 79.9. The molecule has 0 spiro atoms. The van der Waals surface area contributed by atoms with Crippen molar-refractivity contribution in [2.24, 2.45) is 5.10 Å². The predicted molar refractivity (Wildman–Crippen MR) is 169 cm³/mol. The molecule has 0 aliphatic carbocycles. The SMILES string of the molecule is COc1ccc(S(=O)(=O)N(CC(=O)NN=Cc2ccc(OCC(=O)Nc3ccc(F)cc3)cc2)c2ccc(C)cc2)cc1Br. The highest BCUT2D eigenvalue weighted by molar-refractivity contribution is 9.10. The number of amides is 2. The summed E-state index contributed by atoms with van der Waals surface area (Å²) >= 11 is 3.31. The number of anilines is 2. The highest BCUT2D eigenvalue weighted by Gasteiger charge is 2.28. The first-order valence-corrected chi connectivity index (χ1v) is 15.3. The maximum Gasteiger partial charge on any atom is 0.264 e. The van der Waals surface area contributed by atoms with Gasteiger partial charge in [-0.3, -0.25) is 13.9 Å². The summed E-state index contributed by atoms with van der Waals surface area (Å²) in [5.74, 6) is -0.594. The monoisotopic (exact) mass is 682 g/mol. The number of methoxy groups -OCH3 is 1.